The summed E-state index contributed by atoms with van der Waals surface area (Å²) in [4.78, 5) is 0. The highest BCUT2D eigenvalue weighted by molar-refractivity contribution is 5.14. The molecular formula is C16H29NO. The highest BCUT2D eigenvalue weighted by atomic mass is 16.5. The average Bonchev–Trinajstić information content (AvgIpc) is 2.19. The van der Waals surface area contributed by atoms with Crippen LogP contribution in [0.3, 0.4) is 0 Å². The number of nitrogens with one attached hydrogen (secondary N) is 1. The van der Waals surface area contributed by atoms with E-state index in [1.54, 1.807) is 7.11 Å². The summed E-state index contributed by atoms with van der Waals surface area (Å²) in [6.45, 7) is 7.11. The second-order valence-electron chi connectivity index (χ2n) is 8.18. The van der Waals surface area contributed by atoms with Crippen LogP contribution in [-0.2, 0) is 4.74 Å². The normalized spacial score (nSPS) is 49.8. The second-order valence-corrected chi connectivity index (χ2v) is 8.18. The predicted octanol–water partition coefficient (Wildman–Crippen LogP) is 3.36. The Bertz CT molecular complexity index is 309. The lowest BCUT2D eigenvalue weighted by Gasteiger charge is -2.65. The summed E-state index contributed by atoms with van der Waals surface area (Å²) in [6.07, 6.45) is 9.87. The van der Waals surface area contributed by atoms with Crippen molar-refractivity contribution in [3.05, 3.63) is 0 Å². The average molecular weight is 251 g/mol. The van der Waals surface area contributed by atoms with E-state index >= 15 is 0 Å². The van der Waals surface area contributed by atoms with Gasteiger partial charge in [0.2, 0.25) is 0 Å². The minimum absolute atomic E-state index is 0.469. The van der Waals surface area contributed by atoms with E-state index < -0.39 is 0 Å². The third-order valence-electron chi connectivity index (χ3n) is 5.65. The van der Waals surface area contributed by atoms with E-state index in [1.165, 1.54) is 38.5 Å². The lowest BCUT2D eigenvalue weighted by atomic mass is 9.43. The Labute approximate surface area is 112 Å². The molecule has 4 fully saturated rings. The Morgan fingerprint density at radius 2 is 1.72 bits per heavy atom. The molecule has 18 heavy (non-hydrogen) atoms. The minimum atomic E-state index is 0.469. The number of hydrogen-bond acceptors (Lipinski definition) is 2. The summed E-state index contributed by atoms with van der Waals surface area (Å²) in [5.74, 6) is 0.992. The van der Waals surface area contributed by atoms with Gasteiger partial charge in [-0.3, -0.25) is 0 Å². The maximum absolute atomic E-state index is 5.16. The van der Waals surface area contributed by atoms with Crippen molar-refractivity contribution in [3.63, 3.8) is 0 Å². The first-order valence-corrected chi connectivity index (χ1v) is 7.71. The van der Waals surface area contributed by atoms with Crippen molar-refractivity contribution in [1.82, 2.24) is 5.32 Å². The Morgan fingerprint density at radius 3 is 2.28 bits per heavy atom. The highest BCUT2D eigenvalue weighted by Gasteiger charge is 2.59. The van der Waals surface area contributed by atoms with Crippen molar-refractivity contribution in [2.45, 2.75) is 64.3 Å². The summed E-state index contributed by atoms with van der Waals surface area (Å²) in [7, 11) is 1.80. The Kier molecular flexibility index (Phi) is 3.02. The van der Waals surface area contributed by atoms with Gasteiger partial charge in [-0.1, -0.05) is 13.8 Å². The molecule has 2 heteroatoms. The maximum Gasteiger partial charge on any atom is 0.0474 e. The molecule has 0 aliphatic heterocycles. The van der Waals surface area contributed by atoms with Gasteiger partial charge in [-0.2, -0.15) is 0 Å². The predicted molar refractivity (Wildman–Crippen MR) is 74.6 cm³/mol. The van der Waals surface area contributed by atoms with Gasteiger partial charge < -0.3 is 10.1 Å². The second kappa shape index (κ2) is 4.21. The van der Waals surface area contributed by atoms with E-state index in [9.17, 15) is 0 Å². The molecular weight excluding hydrogens is 222 g/mol. The number of methoxy groups -OCH3 is 1. The summed E-state index contributed by atoms with van der Waals surface area (Å²) < 4.78 is 5.16. The van der Waals surface area contributed by atoms with Gasteiger partial charge in [-0.05, 0) is 68.2 Å². The fraction of sp³-hybridized carbons (Fsp3) is 1.00. The molecule has 1 N–H and O–H groups in total. The van der Waals surface area contributed by atoms with Crippen LogP contribution in [-0.4, -0.2) is 25.8 Å². The molecule has 4 rings (SSSR count). The van der Waals surface area contributed by atoms with Gasteiger partial charge in [0.15, 0.2) is 0 Å². The first kappa shape index (κ1) is 12.9. The van der Waals surface area contributed by atoms with E-state index in [0.29, 0.717) is 16.4 Å². The molecule has 2 unspecified atom stereocenters. The first-order valence-electron chi connectivity index (χ1n) is 7.71. The maximum atomic E-state index is 5.16. The molecule has 2 atom stereocenters. The van der Waals surface area contributed by atoms with Gasteiger partial charge in [0.1, 0.15) is 0 Å². The SMILES string of the molecule is COCCCNC12CC3CC(C)(CC(C)(C3)C1)C2. The largest absolute Gasteiger partial charge is 0.385 e. The Morgan fingerprint density at radius 1 is 1.06 bits per heavy atom. The fourth-order valence-electron chi connectivity index (χ4n) is 6.21. The smallest absolute Gasteiger partial charge is 0.0474 e. The van der Waals surface area contributed by atoms with Gasteiger partial charge in [-0.15, -0.1) is 0 Å². The van der Waals surface area contributed by atoms with E-state index in [1.807, 2.05) is 0 Å². The lowest BCUT2D eigenvalue weighted by Crippen LogP contribution is -2.64. The van der Waals surface area contributed by atoms with Crippen molar-refractivity contribution in [2.75, 3.05) is 20.3 Å². The molecule has 4 aliphatic rings. The van der Waals surface area contributed by atoms with Crippen LogP contribution >= 0.6 is 0 Å². The molecule has 0 amide bonds. The molecule has 0 aromatic rings. The standard InChI is InChI=1S/C16H29NO/c1-14-7-13-8-15(2,10-14)12-16(9-13,11-14)17-5-4-6-18-3/h13,17H,4-12H2,1-3H3. The quantitative estimate of drug-likeness (QED) is 0.757. The third kappa shape index (κ3) is 2.22. The van der Waals surface area contributed by atoms with Crippen molar-refractivity contribution in [2.24, 2.45) is 16.7 Å². The zero-order valence-electron chi connectivity index (χ0n) is 12.3. The van der Waals surface area contributed by atoms with Gasteiger partial charge in [0.25, 0.3) is 0 Å². The molecule has 104 valence electrons. The van der Waals surface area contributed by atoms with E-state index in [0.717, 1.165) is 25.5 Å². The topological polar surface area (TPSA) is 21.3 Å². The van der Waals surface area contributed by atoms with Crippen LogP contribution in [0.2, 0.25) is 0 Å². The fourth-order valence-corrected chi connectivity index (χ4v) is 6.21. The highest BCUT2D eigenvalue weighted by Crippen LogP contribution is 2.66. The monoisotopic (exact) mass is 251 g/mol. The van der Waals surface area contributed by atoms with Crippen LogP contribution in [0.1, 0.15) is 58.8 Å². The summed E-state index contributed by atoms with van der Waals surface area (Å²) in [6, 6.07) is 0. The first-order chi connectivity index (χ1) is 8.47. The third-order valence-corrected chi connectivity index (χ3v) is 5.65. The number of hydrogen-bond donors (Lipinski definition) is 1. The van der Waals surface area contributed by atoms with Gasteiger partial charge in [0, 0.05) is 19.3 Å². The van der Waals surface area contributed by atoms with Gasteiger partial charge in [-0.25, -0.2) is 0 Å². The van der Waals surface area contributed by atoms with Crippen LogP contribution in [0.5, 0.6) is 0 Å². The van der Waals surface area contributed by atoms with Gasteiger partial charge >= 0.3 is 0 Å². The van der Waals surface area contributed by atoms with E-state index in [2.05, 4.69) is 19.2 Å². The molecule has 0 spiro atoms. The number of ether oxygens (including phenoxy) is 1. The van der Waals surface area contributed by atoms with Crippen molar-refractivity contribution in [3.8, 4) is 0 Å². The molecule has 4 bridgehead atoms. The van der Waals surface area contributed by atoms with E-state index in [4.69, 9.17) is 4.74 Å². The van der Waals surface area contributed by atoms with Gasteiger partial charge in [0.05, 0.1) is 0 Å². The van der Waals surface area contributed by atoms with Crippen LogP contribution in [0.15, 0.2) is 0 Å². The molecule has 0 aromatic heterocycles. The van der Waals surface area contributed by atoms with Crippen molar-refractivity contribution < 1.29 is 4.74 Å². The summed E-state index contributed by atoms with van der Waals surface area (Å²) in [5.41, 5.74) is 1.72. The molecule has 4 saturated carbocycles. The molecule has 0 radical (unpaired) electrons. The Hall–Kier alpha value is -0.0800. The molecule has 2 nitrogen and oxygen atoms in total. The van der Waals surface area contributed by atoms with Crippen LogP contribution in [0, 0.1) is 16.7 Å². The minimum Gasteiger partial charge on any atom is -0.385 e. The Balaban J connectivity index is 1.69. The molecule has 0 aromatic carbocycles. The van der Waals surface area contributed by atoms with Crippen molar-refractivity contribution in [1.29, 1.82) is 0 Å². The summed E-state index contributed by atoms with van der Waals surface area (Å²) in [5, 5.41) is 3.93. The van der Waals surface area contributed by atoms with E-state index in [-0.39, 0.29) is 0 Å². The number of rotatable bonds is 5. The molecule has 4 aliphatic carbocycles. The van der Waals surface area contributed by atoms with Crippen molar-refractivity contribution >= 4 is 0 Å². The summed E-state index contributed by atoms with van der Waals surface area (Å²) >= 11 is 0. The molecule has 0 heterocycles. The van der Waals surface area contributed by atoms with Crippen LogP contribution in [0.4, 0.5) is 0 Å². The van der Waals surface area contributed by atoms with Crippen LogP contribution in [0.25, 0.3) is 0 Å². The van der Waals surface area contributed by atoms with Crippen LogP contribution < -0.4 is 5.32 Å². The zero-order chi connectivity index (χ0) is 12.9. The molecule has 0 saturated heterocycles. The zero-order valence-corrected chi connectivity index (χ0v) is 12.3. The lowest BCUT2D eigenvalue weighted by molar-refractivity contribution is -0.117.